The van der Waals surface area contributed by atoms with Crippen molar-refractivity contribution in [1.82, 2.24) is 0 Å². The van der Waals surface area contributed by atoms with Crippen LogP contribution in [0.5, 0.6) is 0 Å². The normalized spacial score (nSPS) is 49.8. The van der Waals surface area contributed by atoms with E-state index >= 15 is 0 Å². The Balaban J connectivity index is 1.58. The van der Waals surface area contributed by atoms with Crippen molar-refractivity contribution in [2.45, 2.75) is 106 Å². The SMILES string of the molecule is CC(=O)OOC(=O)[C@]12CC[C@@H](C)[C@H](C)[C@H]1C1=CC[C@@H]3[C@@]4(C)CCC(=O)C(C)(C=O)C4CC[C@@]3(C)[C@]1(C)CC2. The molecule has 0 radical (unpaired) electrons. The minimum absolute atomic E-state index is 0.00112. The van der Waals surface area contributed by atoms with Gasteiger partial charge in [-0.2, -0.15) is 0 Å². The van der Waals surface area contributed by atoms with Crippen molar-refractivity contribution in [3.8, 4) is 0 Å². The van der Waals surface area contributed by atoms with E-state index in [2.05, 4.69) is 40.7 Å². The van der Waals surface area contributed by atoms with Gasteiger partial charge in [-0.25, -0.2) is 19.4 Å². The maximum Gasteiger partial charge on any atom is 0.362 e. The first-order valence-corrected chi connectivity index (χ1v) is 14.8. The molecule has 0 aromatic carbocycles. The molecule has 5 rings (SSSR count). The van der Waals surface area contributed by atoms with Crippen LogP contribution in [0.2, 0.25) is 0 Å². The molecule has 10 atom stereocenters. The van der Waals surface area contributed by atoms with Gasteiger partial charge in [-0.05, 0) is 104 Å². The second-order valence-electron chi connectivity index (χ2n) is 14.6. The molecule has 0 heterocycles. The van der Waals surface area contributed by atoms with Crippen LogP contribution < -0.4 is 0 Å². The summed E-state index contributed by atoms with van der Waals surface area (Å²) >= 11 is 0. The van der Waals surface area contributed by atoms with E-state index in [1.165, 1.54) is 12.5 Å². The molecule has 0 amide bonds. The third-order valence-electron chi connectivity index (χ3n) is 13.4. The van der Waals surface area contributed by atoms with Crippen molar-refractivity contribution in [3.63, 3.8) is 0 Å². The van der Waals surface area contributed by atoms with Crippen LogP contribution in [0.4, 0.5) is 0 Å². The van der Waals surface area contributed by atoms with Gasteiger partial charge >= 0.3 is 11.9 Å². The minimum atomic E-state index is -0.894. The fourth-order valence-corrected chi connectivity index (χ4v) is 10.7. The molecule has 0 aromatic rings. The van der Waals surface area contributed by atoms with Crippen LogP contribution in [0.25, 0.3) is 0 Å². The molecule has 210 valence electrons. The quantitative estimate of drug-likeness (QED) is 0.136. The number of hydrogen-bond acceptors (Lipinski definition) is 6. The molecular weight excluding hydrogens is 480 g/mol. The number of allylic oxidation sites excluding steroid dienone is 2. The second-order valence-corrected chi connectivity index (χ2v) is 14.6. The van der Waals surface area contributed by atoms with Crippen molar-refractivity contribution in [3.05, 3.63) is 11.6 Å². The van der Waals surface area contributed by atoms with Gasteiger partial charge in [0, 0.05) is 13.3 Å². The van der Waals surface area contributed by atoms with Crippen LogP contribution in [0.1, 0.15) is 106 Å². The van der Waals surface area contributed by atoms with Crippen molar-refractivity contribution < 1.29 is 29.0 Å². The first-order chi connectivity index (χ1) is 17.7. The fourth-order valence-electron chi connectivity index (χ4n) is 10.7. The second kappa shape index (κ2) is 8.76. The Morgan fingerprint density at radius 2 is 1.66 bits per heavy atom. The Bertz CT molecular complexity index is 1090. The summed E-state index contributed by atoms with van der Waals surface area (Å²) in [5, 5.41) is 0. The molecule has 0 spiro atoms. The number of rotatable bonds is 2. The predicted molar refractivity (Wildman–Crippen MR) is 142 cm³/mol. The summed E-state index contributed by atoms with van der Waals surface area (Å²) in [7, 11) is 0. The molecule has 6 nitrogen and oxygen atoms in total. The van der Waals surface area contributed by atoms with Crippen LogP contribution in [-0.4, -0.2) is 24.0 Å². The predicted octanol–water partition coefficient (Wildman–Crippen LogP) is 6.41. The maximum atomic E-state index is 13.6. The minimum Gasteiger partial charge on any atom is -0.302 e. The summed E-state index contributed by atoms with van der Waals surface area (Å²) in [6.07, 6.45) is 10.8. The summed E-state index contributed by atoms with van der Waals surface area (Å²) in [6, 6.07) is 0. The van der Waals surface area contributed by atoms with Crippen molar-refractivity contribution >= 4 is 24.0 Å². The highest BCUT2D eigenvalue weighted by atomic mass is 17.2. The first-order valence-electron chi connectivity index (χ1n) is 14.8. The van der Waals surface area contributed by atoms with Gasteiger partial charge in [0.1, 0.15) is 12.1 Å². The van der Waals surface area contributed by atoms with Gasteiger partial charge in [0.05, 0.1) is 10.8 Å². The Kier molecular flexibility index (Phi) is 6.36. The van der Waals surface area contributed by atoms with E-state index in [4.69, 9.17) is 9.78 Å². The van der Waals surface area contributed by atoms with Gasteiger partial charge in [-0.15, -0.1) is 0 Å². The van der Waals surface area contributed by atoms with Gasteiger partial charge in [0.25, 0.3) is 0 Å². The first kappa shape index (κ1) is 27.6. The molecule has 0 bridgehead atoms. The molecule has 0 aliphatic heterocycles. The van der Waals surface area contributed by atoms with E-state index < -0.39 is 22.8 Å². The Morgan fingerprint density at radius 3 is 2.32 bits per heavy atom. The summed E-state index contributed by atoms with van der Waals surface area (Å²) < 4.78 is 0. The smallest absolute Gasteiger partial charge is 0.302 e. The summed E-state index contributed by atoms with van der Waals surface area (Å²) in [5.74, 6) is 0.364. The molecular formula is C32H46O6. The molecule has 5 aliphatic carbocycles. The van der Waals surface area contributed by atoms with Crippen molar-refractivity contribution in [2.75, 3.05) is 0 Å². The highest BCUT2D eigenvalue weighted by Crippen LogP contribution is 2.75. The van der Waals surface area contributed by atoms with Crippen LogP contribution in [0, 0.1) is 56.7 Å². The number of Topliss-reactive ketones (excluding diaryl/α,β-unsaturated/α-hetero) is 1. The molecule has 0 aromatic heterocycles. The third kappa shape index (κ3) is 3.36. The number of fused-ring (bicyclic) bond motifs is 7. The Hall–Kier alpha value is -1.98. The average molecular weight is 527 g/mol. The lowest BCUT2D eigenvalue weighted by atomic mass is 9.33. The largest absolute Gasteiger partial charge is 0.362 e. The summed E-state index contributed by atoms with van der Waals surface area (Å²) in [6.45, 7) is 14.9. The van der Waals surface area contributed by atoms with Crippen LogP contribution in [0.15, 0.2) is 11.6 Å². The average Bonchev–Trinajstić information content (AvgIpc) is 2.87. The van der Waals surface area contributed by atoms with E-state index in [1.807, 2.05) is 6.92 Å². The van der Waals surface area contributed by atoms with E-state index in [0.717, 1.165) is 57.7 Å². The monoisotopic (exact) mass is 526 g/mol. The standard InChI is InChI=1S/C32H46O6/c1-19-10-15-32(27(36)38-37-21(3)34)17-16-30(6)22(26(32)20(19)2)8-9-24-28(4)13-12-25(35)29(5,18-33)23(28)11-14-31(24,30)7/h8,18-20,23-24,26H,9-17H2,1-7H3/t19-,20+,23?,24-,26+,28+,29?,30-,31-,32+/m1/s1. The number of carbonyl (C=O) groups excluding carboxylic acids is 4. The molecule has 4 saturated carbocycles. The number of hydrogen-bond donors (Lipinski definition) is 0. The Labute approximate surface area is 227 Å². The fraction of sp³-hybridized carbons (Fsp3) is 0.812. The zero-order valence-electron chi connectivity index (χ0n) is 24.4. The number of carbonyl (C=O) groups is 4. The zero-order chi connectivity index (χ0) is 27.9. The van der Waals surface area contributed by atoms with Gasteiger partial charge in [-0.3, -0.25) is 4.79 Å². The van der Waals surface area contributed by atoms with Gasteiger partial charge in [-0.1, -0.05) is 46.3 Å². The van der Waals surface area contributed by atoms with Crippen LogP contribution in [-0.2, 0) is 29.0 Å². The highest BCUT2D eigenvalue weighted by Gasteiger charge is 2.70. The molecule has 38 heavy (non-hydrogen) atoms. The molecule has 2 unspecified atom stereocenters. The third-order valence-corrected chi connectivity index (χ3v) is 13.4. The lowest BCUT2D eigenvalue weighted by Crippen LogP contribution is -2.65. The lowest BCUT2D eigenvalue weighted by Gasteiger charge is -2.70. The maximum absolute atomic E-state index is 13.6. The zero-order valence-corrected chi connectivity index (χ0v) is 24.4. The van der Waals surface area contributed by atoms with Crippen LogP contribution in [0.3, 0.4) is 0 Å². The summed E-state index contributed by atoms with van der Waals surface area (Å²) in [4.78, 5) is 60.4. The molecule has 5 aliphatic rings. The summed E-state index contributed by atoms with van der Waals surface area (Å²) in [5.41, 5.74) is -0.355. The van der Waals surface area contributed by atoms with Gasteiger partial charge in [0.15, 0.2) is 0 Å². The van der Waals surface area contributed by atoms with Crippen molar-refractivity contribution in [2.24, 2.45) is 56.7 Å². The van der Waals surface area contributed by atoms with E-state index in [-0.39, 0.29) is 33.9 Å². The van der Waals surface area contributed by atoms with Crippen molar-refractivity contribution in [1.29, 1.82) is 0 Å². The Morgan fingerprint density at radius 1 is 0.947 bits per heavy atom. The van der Waals surface area contributed by atoms with E-state index in [0.29, 0.717) is 24.2 Å². The van der Waals surface area contributed by atoms with Gasteiger partial charge in [0.2, 0.25) is 0 Å². The molecule has 6 heteroatoms. The van der Waals surface area contributed by atoms with Crippen LogP contribution >= 0.6 is 0 Å². The lowest BCUT2D eigenvalue weighted by molar-refractivity contribution is -0.272. The topological polar surface area (TPSA) is 86.7 Å². The molecule has 0 saturated heterocycles. The number of ketones is 1. The van der Waals surface area contributed by atoms with E-state index in [1.54, 1.807) is 0 Å². The van der Waals surface area contributed by atoms with E-state index in [9.17, 15) is 19.2 Å². The number of aldehydes is 1. The molecule has 0 N–H and O–H groups in total. The molecule has 4 fully saturated rings. The highest BCUT2D eigenvalue weighted by molar-refractivity contribution is 5.99. The van der Waals surface area contributed by atoms with Gasteiger partial charge < -0.3 is 4.79 Å².